The van der Waals surface area contributed by atoms with E-state index in [0.29, 0.717) is 17.3 Å². The Morgan fingerprint density at radius 3 is 2.52 bits per heavy atom. The highest BCUT2D eigenvalue weighted by molar-refractivity contribution is 6.30. The maximum Gasteiger partial charge on any atom is 0.358 e. The van der Waals surface area contributed by atoms with Crippen molar-refractivity contribution in [3.63, 3.8) is 0 Å². The Kier molecular flexibility index (Phi) is 4.28. The molecule has 0 amide bonds. The average Bonchev–Trinajstić information content (AvgIpc) is 2.45. The Bertz CT molecular complexity index is 738. The second kappa shape index (κ2) is 5.97. The standard InChI is InChI=1S/C14H13ClN2O4/c1-17-10(7-8-3-5-9(15)6-4-8)16-11(14(19)20)12(21-2)13(17)18/h3-6H,7H2,1-2H3,(H,19,20). The zero-order chi connectivity index (χ0) is 15.6. The zero-order valence-electron chi connectivity index (χ0n) is 11.5. The van der Waals surface area contributed by atoms with Gasteiger partial charge in [0.05, 0.1) is 7.11 Å². The van der Waals surface area contributed by atoms with Crippen LogP contribution in [0.2, 0.25) is 5.02 Å². The van der Waals surface area contributed by atoms with E-state index in [1.807, 2.05) is 0 Å². The van der Waals surface area contributed by atoms with Crippen LogP contribution in [0, 0.1) is 0 Å². The highest BCUT2D eigenvalue weighted by atomic mass is 35.5. The van der Waals surface area contributed by atoms with Crippen LogP contribution < -0.4 is 10.3 Å². The van der Waals surface area contributed by atoms with Crippen LogP contribution >= 0.6 is 11.6 Å². The number of ether oxygens (including phenoxy) is 1. The van der Waals surface area contributed by atoms with Gasteiger partial charge in [0.25, 0.3) is 5.56 Å². The third kappa shape index (κ3) is 3.05. The number of halogens is 1. The number of methoxy groups -OCH3 is 1. The fraction of sp³-hybridized carbons (Fsp3) is 0.214. The molecule has 0 bridgehead atoms. The van der Waals surface area contributed by atoms with Gasteiger partial charge in [0.2, 0.25) is 5.75 Å². The number of aromatic nitrogens is 2. The lowest BCUT2D eigenvalue weighted by molar-refractivity contribution is 0.0685. The van der Waals surface area contributed by atoms with Crippen molar-refractivity contribution in [3.05, 3.63) is 56.7 Å². The van der Waals surface area contributed by atoms with Crippen molar-refractivity contribution < 1.29 is 14.6 Å². The van der Waals surface area contributed by atoms with Gasteiger partial charge >= 0.3 is 5.97 Å². The highest BCUT2D eigenvalue weighted by Gasteiger charge is 2.20. The van der Waals surface area contributed by atoms with E-state index in [9.17, 15) is 9.59 Å². The SMILES string of the molecule is COc1c(C(=O)O)nc(Cc2ccc(Cl)cc2)n(C)c1=O. The summed E-state index contributed by atoms with van der Waals surface area (Å²) in [7, 11) is 2.76. The summed E-state index contributed by atoms with van der Waals surface area (Å²) in [5.74, 6) is -1.24. The Labute approximate surface area is 125 Å². The van der Waals surface area contributed by atoms with E-state index in [-0.39, 0.29) is 11.4 Å². The first-order valence-corrected chi connectivity index (χ1v) is 6.43. The molecule has 0 saturated heterocycles. The van der Waals surface area contributed by atoms with Crippen molar-refractivity contribution in [3.8, 4) is 5.75 Å². The van der Waals surface area contributed by atoms with Crippen LogP contribution in [0.4, 0.5) is 0 Å². The molecule has 0 atom stereocenters. The minimum Gasteiger partial charge on any atom is -0.489 e. The molecule has 1 heterocycles. The molecular weight excluding hydrogens is 296 g/mol. The van der Waals surface area contributed by atoms with Gasteiger partial charge in [-0.05, 0) is 17.7 Å². The summed E-state index contributed by atoms with van der Waals surface area (Å²) in [4.78, 5) is 27.3. The summed E-state index contributed by atoms with van der Waals surface area (Å²) in [6.45, 7) is 0. The predicted octanol–water partition coefficient (Wildman–Crippen LogP) is 1.73. The van der Waals surface area contributed by atoms with E-state index in [4.69, 9.17) is 21.4 Å². The summed E-state index contributed by atoms with van der Waals surface area (Å²) in [5.41, 5.74) is -0.0539. The Morgan fingerprint density at radius 2 is 2.00 bits per heavy atom. The lowest BCUT2D eigenvalue weighted by atomic mass is 10.1. The number of carbonyl (C=O) groups is 1. The van der Waals surface area contributed by atoms with E-state index >= 15 is 0 Å². The molecule has 2 aromatic rings. The van der Waals surface area contributed by atoms with Crippen molar-refractivity contribution in [2.45, 2.75) is 6.42 Å². The van der Waals surface area contributed by atoms with E-state index < -0.39 is 11.5 Å². The van der Waals surface area contributed by atoms with E-state index in [0.717, 1.165) is 5.56 Å². The fourth-order valence-electron chi connectivity index (χ4n) is 1.90. The number of hydrogen-bond donors (Lipinski definition) is 1. The van der Waals surface area contributed by atoms with Gasteiger partial charge in [-0.2, -0.15) is 0 Å². The van der Waals surface area contributed by atoms with Gasteiger partial charge in [0.1, 0.15) is 5.82 Å². The number of carboxylic acid groups (broad SMARTS) is 1. The molecule has 1 aromatic heterocycles. The van der Waals surface area contributed by atoms with Gasteiger partial charge in [-0.25, -0.2) is 9.78 Å². The van der Waals surface area contributed by atoms with Gasteiger partial charge in [0.15, 0.2) is 5.69 Å². The monoisotopic (exact) mass is 308 g/mol. The Balaban J connectivity index is 2.51. The highest BCUT2D eigenvalue weighted by Crippen LogP contribution is 2.15. The van der Waals surface area contributed by atoms with E-state index in [2.05, 4.69) is 4.98 Å². The molecule has 110 valence electrons. The molecule has 0 unspecified atom stereocenters. The van der Waals surface area contributed by atoms with Gasteiger partial charge in [0, 0.05) is 18.5 Å². The molecule has 1 aromatic carbocycles. The molecule has 0 aliphatic carbocycles. The molecule has 0 spiro atoms. The van der Waals surface area contributed by atoms with Crippen molar-refractivity contribution in [1.29, 1.82) is 0 Å². The Morgan fingerprint density at radius 1 is 1.38 bits per heavy atom. The van der Waals surface area contributed by atoms with Crippen LogP contribution in [0.3, 0.4) is 0 Å². The van der Waals surface area contributed by atoms with E-state index in [1.165, 1.54) is 18.7 Å². The number of nitrogens with zero attached hydrogens (tertiary/aromatic N) is 2. The number of hydrogen-bond acceptors (Lipinski definition) is 4. The summed E-state index contributed by atoms with van der Waals surface area (Å²) in [6, 6.07) is 7.02. The maximum absolute atomic E-state index is 12.1. The minimum absolute atomic E-state index is 0.273. The maximum atomic E-state index is 12.1. The van der Waals surface area contributed by atoms with Gasteiger partial charge < -0.3 is 9.84 Å². The van der Waals surface area contributed by atoms with Crippen molar-refractivity contribution >= 4 is 17.6 Å². The van der Waals surface area contributed by atoms with Crippen molar-refractivity contribution in [1.82, 2.24) is 9.55 Å². The molecule has 21 heavy (non-hydrogen) atoms. The molecule has 0 aliphatic heterocycles. The normalized spacial score (nSPS) is 10.4. The van der Waals surface area contributed by atoms with Crippen molar-refractivity contribution in [2.24, 2.45) is 7.05 Å². The van der Waals surface area contributed by atoms with Gasteiger partial charge in [-0.1, -0.05) is 23.7 Å². The summed E-state index contributed by atoms with van der Waals surface area (Å²) >= 11 is 5.81. The van der Waals surface area contributed by atoms with Crippen molar-refractivity contribution in [2.75, 3.05) is 7.11 Å². The lowest BCUT2D eigenvalue weighted by Gasteiger charge is -2.11. The molecule has 0 fully saturated rings. The fourth-order valence-corrected chi connectivity index (χ4v) is 2.02. The minimum atomic E-state index is -1.30. The molecular formula is C14H13ClN2O4. The molecule has 6 nitrogen and oxygen atoms in total. The summed E-state index contributed by atoms with van der Waals surface area (Å²) in [6.07, 6.45) is 0.313. The van der Waals surface area contributed by atoms with Crippen LogP contribution in [0.25, 0.3) is 0 Å². The quantitative estimate of drug-likeness (QED) is 0.930. The summed E-state index contributed by atoms with van der Waals surface area (Å²) < 4.78 is 6.12. The van der Waals surface area contributed by atoms with Crippen LogP contribution in [0.5, 0.6) is 5.75 Å². The zero-order valence-corrected chi connectivity index (χ0v) is 12.2. The van der Waals surface area contributed by atoms with Gasteiger partial charge in [-0.15, -0.1) is 0 Å². The van der Waals surface area contributed by atoms with Crippen LogP contribution in [0.1, 0.15) is 21.9 Å². The lowest BCUT2D eigenvalue weighted by Crippen LogP contribution is -2.27. The molecule has 0 saturated carbocycles. The number of carboxylic acids is 1. The Hall–Kier alpha value is -2.34. The molecule has 0 radical (unpaired) electrons. The van der Waals surface area contributed by atoms with Crippen LogP contribution in [0.15, 0.2) is 29.1 Å². The molecule has 0 aliphatic rings. The summed E-state index contributed by atoms with van der Waals surface area (Å²) in [5, 5.41) is 9.73. The number of aromatic carboxylic acids is 1. The molecule has 1 N–H and O–H groups in total. The van der Waals surface area contributed by atoms with E-state index in [1.54, 1.807) is 24.3 Å². The van der Waals surface area contributed by atoms with Gasteiger partial charge in [-0.3, -0.25) is 9.36 Å². The second-order valence-electron chi connectivity index (χ2n) is 4.38. The number of rotatable bonds is 4. The first-order valence-electron chi connectivity index (χ1n) is 6.05. The van der Waals surface area contributed by atoms with Crippen LogP contribution in [-0.2, 0) is 13.5 Å². The third-order valence-electron chi connectivity index (χ3n) is 3.02. The second-order valence-corrected chi connectivity index (χ2v) is 4.82. The smallest absolute Gasteiger partial charge is 0.358 e. The molecule has 7 heteroatoms. The number of benzene rings is 1. The first-order chi connectivity index (χ1) is 9.93. The molecule has 2 rings (SSSR count). The first kappa shape index (κ1) is 15.1. The largest absolute Gasteiger partial charge is 0.489 e. The third-order valence-corrected chi connectivity index (χ3v) is 3.28. The average molecular weight is 309 g/mol. The predicted molar refractivity (Wildman–Crippen MR) is 77.2 cm³/mol. The topological polar surface area (TPSA) is 81.4 Å². The van der Waals surface area contributed by atoms with Crippen LogP contribution in [-0.4, -0.2) is 27.7 Å².